The maximum atomic E-state index is 11.8. The van der Waals surface area contributed by atoms with Crippen LogP contribution in [0.25, 0.3) is 27.7 Å². The number of aliphatic hydroxyl groups is 2. The minimum Gasteiger partial charge on any atom is -0.468 e. The summed E-state index contributed by atoms with van der Waals surface area (Å²) in [4.78, 5) is 0. The van der Waals surface area contributed by atoms with Crippen LogP contribution in [0.3, 0.4) is 0 Å². The number of aromatic nitrogens is 3. The maximum absolute atomic E-state index is 11.8. The molecule has 0 saturated carbocycles. The molecule has 1 heterocycles. The summed E-state index contributed by atoms with van der Waals surface area (Å²) in [6.45, 7) is -1.19. The zero-order chi connectivity index (χ0) is 22.7. The van der Waals surface area contributed by atoms with E-state index < -0.39 is 23.8 Å². The summed E-state index contributed by atoms with van der Waals surface area (Å²) >= 11 is 0. The number of rotatable bonds is 8. The van der Waals surface area contributed by atoms with E-state index in [4.69, 9.17) is 19.7 Å². The molecule has 32 heavy (non-hydrogen) atoms. The molecule has 4 rings (SSSR count). The van der Waals surface area contributed by atoms with E-state index in [1.807, 2.05) is 36.4 Å². The molecule has 11 nitrogen and oxygen atoms in total. The number of hydrogen-bond acceptors (Lipinski definition) is 8. The van der Waals surface area contributed by atoms with Gasteiger partial charge in [0, 0.05) is 11.6 Å². The normalized spacial score (nSPS) is 11.5. The van der Waals surface area contributed by atoms with Gasteiger partial charge in [-0.3, -0.25) is 4.72 Å². The first-order chi connectivity index (χ1) is 15.4. The molecule has 0 bridgehead atoms. The molecule has 0 fully saturated rings. The van der Waals surface area contributed by atoms with E-state index in [0.717, 1.165) is 10.8 Å². The molecule has 0 aliphatic carbocycles. The molecule has 4 aromatic rings. The number of benzene rings is 3. The highest BCUT2D eigenvalue weighted by Gasteiger charge is 2.23. The number of ether oxygens (including phenoxy) is 2. The summed E-state index contributed by atoms with van der Waals surface area (Å²) in [7, 11) is -4.15. The average Bonchev–Trinajstić information content (AvgIpc) is 3.15. The van der Waals surface area contributed by atoms with E-state index in [0.29, 0.717) is 16.9 Å². The zero-order valence-electron chi connectivity index (χ0n) is 16.5. The van der Waals surface area contributed by atoms with Gasteiger partial charge in [-0.2, -0.15) is 8.42 Å². The molecule has 3 aromatic carbocycles. The molecule has 0 radical (unpaired) electrons. The summed E-state index contributed by atoms with van der Waals surface area (Å²) in [5, 5.41) is 33.4. The van der Waals surface area contributed by atoms with Gasteiger partial charge in [-0.25, -0.2) is 9.82 Å². The Balaban J connectivity index is 1.99. The van der Waals surface area contributed by atoms with Gasteiger partial charge >= 0.3 is 0 Å². The lowest BCUT2D eigenvalue weighted by atomic mass is 10.0. The van der Waals surface area contributed by atoms with Crippen LogP contribution in [-0.2, 0) is 10.2 Å². The number of fused-ring (bicyclic) bond motifs is 1. The molecule has 0 spiro atoms. The van der Waals surface area contributed by atoms with E-state index >= 15 is 0 Å². The van der Waals surface area contributed by atoms with Crippen molar-refractivity contribution in [2.45, 2.75) is 0 Å². The quantitative estimate of drug-likeness (QED) is 0.288. The first kappa shape index (κ1) is 21.5. The number of anilines is 1. The Morgan fingerprint density at radius 3 is 2.50 bits per heavy atom. The van der Waals surface area contributed by atoms with Gasteiger partial charge in [0.25, 0.3) is 10.2 Å². The van der Waals surface area contributed by atoms with Crippen molar-refractivity contribution in [1.82, 2.24) is 15.0 Å². The Kier molecular flexibility index (Phi) is 5.92. The lowest BCUT2D eigenvalue weighted by molar-refractivity contribution is 0.0920. The molecule has 12 heteroatoms. The number of hydrogen-bond donors (Lipinski definition) is 4. The van der Waals surface area contributed by atoms with Crippen LogP contribution < -0.4 is 19.3 Å². The fourth-order valence-corrected chi connectivity index (χ4v) is 3.75. The van der Waals surface area contributed by atoms with Gasteiger partial charge in [0.05, 0.1) is 0 Å². The SMILES string of the molecule is NS(=O)(=O)Nc1nnn(-c2ccc(OCO)cc2OCO)c1-c1cccc2ccccc12. The van der Waals surface area contributed by atoms with Crippen molar-refractivity contribution >= 4 is 26.8 Å². The van der Waals surface area contributed by atoms with Crippen LogP contribution in [-0.4, -0.2) is 47.2 Å². The molecule has 0 aliphatic heterocycles. The van der Waals surface area contributed by atoms with E-state index in [2.05, 4.69) is 15.0 Å². The fourth-order valence-electron chi connectivity index (χ4n) is 3.35. The second kappa shape index (κ2) is 8.80. The van der Waals surface area contributed by atoms with Crippen molar-refractivity contribution in [2.24, 2.45) is 5.14 Å². The minimum absolute atomic E-state index is 0.0884. The highest BCUT2D eigenvalue weighted by Crippen LogP contribution is 2.37. The zero-order valence-corrected chi connectivity index (χ0v) is 17.4. The Hall–Kier alpha value is -3.71. The Labute approximate surface area is 182 Å². The van der Waals surface area contributed by atoms with Gasteiger partial charge in [0.2, 0.25) is 0 Å². The monoisotopic (exact) mass is 457 g/mol. The average molecular weight is 457 g/mol. The lowest BCUT2D eigenvalue weighted by Crippen LogP contribution is -2.22. The van der Waals surface area contributed by atoms with Crippen LogP contribution in [0.5, 0.6) is 11.5 Å². The lowest BCUT2D eigenvalue weighted by Gasteiger charge is -2.15. The molecule has 0 unspecified atom stereocenters. The Bertz CT molecular complexity index is 1370. The minimum atomic E-state index is -4.15. The third-order valence-electron chi connectivity index (χ3n) is 4.56. The van der Waals surface area contributed by atoms with Crippen molar-refractivity contribution in [3.63, 3.8) is 0 Å². The number of nitrogens with zero attached hydrogens (tertiary/aromatic N) is 3. The van der Waals surface area contributed by atoms with Crippen LogP contribution in [0.2, 0.25) is 0 Å². The Morgan fingerprint density at radius 2 is 1.75 bits per heavy atom. The van der Waals surface area contributed by atoms with Crippen molar-refractivity contribution in [3.05, 3.63) is 60.7 Å². The smallest absolute Gasteiger partial charge is 0.297 e. The second-order valence-electron chi connectivity index (χ2n) is 6.55. The van der Waals surface area contributed by atoms with E-state index in [-0.39, 0.29) is 17.3 Å². The second-order valence-corrected chi connectivity index (χ2v) is 7.84. The van der Waals surface area contributed by atoms with E-state index in [9.17, 15) is 13.5 Å². The van der Waals surface area contributed by atoms with Crippen LogP contribution >= 0.6 is 0 Å². The van der Waals surface area contributed by atoms with Gasteiger partial charge in [-0.1, -0.05) is 47.7 Å². The van der Waals surface area contributed by atoms with Crippen molar-refractivity contribution < 1.29 is 28.1 Å². The summed E-state index contributed by atoms with van der Waals surface area (Å²) in [6.07, 6.45) is 0. The summed E-state index contributed by atoms with van der Waals surface area (Å²) in [5.41, 5.74) is 1.27. The molecular weight excluding hydrogens is 438 g/mol. The summed E-state index contributed by atoms with van der Waals surface area (Å²) < 4.78 is 37.5. The number of nitrogens with two attached hydrogens (primary N) is 1. The third kappa shape index (κ3) is 4.33. The van der Waals surface area contributed by atoms with Gasteiger partial charge in [0.15, 0.2) is 25.2 Å². The van der Waals surface area contributed by atoms with Gasteiger partial charge < -0.3 is 19.7 Å². The molecular formula is C20H19N5O6S. The first-order valence-corrected chi connectivity index (χ1v) is 10.8. The van der Waals surface area contributed by atoms with Crippen LogP contribution in [0.15, 0.2) is 60.7 Å². The highest BCUT2D eigenvalue weighted by molar-refractivity contribution is 7.90. The van der Waals surface area contributed by atoms with Crippen LogP contribution in [0, 0.1) is 0 Å². The number of aliphatic hydroxyl groups excluding tert-OH is 2. The maximum Gasteiger partial charge on any atom is 0.297 e. The predicted molar refractivity (Wildman–Crippen MR) is 116 cm³/mol. The van der Waals surface area contributed by atoms with E-state index in [1.54, 1.807) is 18.2 Å². The number of nitrogens with one attached hydrogen (secondary N) is 1. The molecule has 1 aromatic heterocycles. The molecule has 0 aliphatic rings. The van der Waals surface area contributed by atoms with Crippen LogP contribution in [0.1, 0.15) is 0 Å². The Morgan fingerprint density at radius 1 is 1.00 bits per heavy atom. The summed E-state index contributed by atoms with van der Waals surface area (Å²) in [6, 6.07) is 17.6. The molecule has 0 amide bonds. The highest BCUT2D eigenvalue weighted by atomic mass is 32.2. The fraction of sp³-hybridized carbons (Fsp3) is 0.100. The third-order valence-corrected chi connectivity index (χ3v) is 5.04. The molecule has 5 N–H and O–H groups in total. The predicted octanol–water partition coefficient (Wildman–Crippen LogP) is 1.36. The topological polar surface area (TPSA) is 162 Å². The largest absolute Gasteiger partial charge is 0.468 e. The standard InChI is InChI=1S/C20H19N5O6S/c21-32(28,29)23-20-19(16-7-3-5-13-4-1-2-6-15(13)16)25(24-22-20)17-9-8-14(30-11-26)10-18(17)31-12-27/h1-10,23,26-27H,11-12H2,(H2,21,28,29). The first-order valence-electron chi connectivity index (χ1n) is 9.27. The van der Waals surface area contributed by atoms with Gasteiger partial charge in [0.1, 0.15) is 17.1 Å². The summed E-state index contributed by atoms with van der Waals surface area (Å²) in [5.74, 6) is 0.357. The van der Waals surface area contributed by atoms with Crippen LogP contribution in [0.4, 0.5) is 5.82 Å². The van der Waals surface area contributed by atoms with E-state index in [1.165, 1.54) is 10.7 Å². The molecule has 166 valence electrons. The van der Waals surface area contributed by atoms with Crippen molar-refractivity contribution in [1.29, 1.82) is 0 Å². The van der Waals surface area contributed by atoms with Crippen molar-refractivity contribution in [2.75, 3.05) is 18.3 Å². The van der Waals surface area contributed by atoms with Gasteiger partial charge in [-0.15, -0.1) is 5.10 Å². The molecule has 0 atom stereocenters. The van der Waals surface area contributed by atoms with Gasteiger partial charge in [-0.05, 0) is 22.9 Å². The molecule has 0 saturated heterocycles. The van der Waals surface area contributed by atoms with Crippen molar-refractivity contribution in [3.8, 4) is 28.4 Å².